The Hall–Kier alpha value is -3.06. The van der Waals surface area contributed by atoms with Crippen LogP contribution in [-0.2, 0) is 9.59 Å². The van der Waals surface area contributed by atoms with E-state index in [-0.39, 0.29) is 11.5 Å². The van der Waals surface area contributed by atoms with Crippen LogP contribution in [0.4, 0.5) is 5.69 Å². The highest BCUT2D eigenvalue weighted by molar-refractivity contribution is 6.39. The minimum Gasteiger partial charge on any atom is -0.504 e. The Labute approximate surface area is 142 Å². The molecule has 0 saturated heterocycles. The predicted octanol–water partition coefficient (Wildman–Crippen LogP) is 2.14. The molecule has 0 bridgehead atoms. The summed E-state index contributed by atoms with van der Waals surface area (Å²) < 4.78 is 4.95. The largest absolute Gasteiger partial charge is 0.504 e. The third kappa shape index (κ3) is 4.47. The number of para-hydroxylation sites is 1. The fraction of sp³-hybridized carbons (Fsp3) is 0.0625. The van der Waals surface area contributed by atoms with E-state index in [1.165, 1.54) is 19.4 Å². The van der Waals surface area contributed by atoms with Crippen LogP contribution in [0.2, 0.25) is 5.02 Å². The second-order valence-electron chi connectivity index (χ2n) is 4.56. The van der Waals surface area contributed by atoms with E-state index >= 15 is 0 Å². The maximum Gasteiger partial charge on any atom is 0.329 e. The zero-order chi connectivity index (χ0) is 17.5. The van der Waals surface area contributed by atoms with E-state index in [2.05, 4.69) is 15.8 Å². The Morgan fingerprint density at radius 2 is 1.96 bits per heavy atom. The van der Waals surface area contributed by atoms with Gasteiger partial charge < -0.3 is 15.2 Å². The molecule has 2 amide bonds. The second-order valence-corrected chi connectivity index (χ2v) is 5.00. The molecule has 0 heterocycles. The van der Waals surface area contributed by atoms with E-state index in [1.807, 2.05) is 0 Å². The number of nitrogens with zero attached hydrogens (tertiary/aromatic N) is 1. The van der Waals surface area contributed by atoms with Crippen LogP contribution in [0.1, 0.15) is 5.56 Å². The van der Waals surface area contributed by atoms with Crippen molar-refractivity contribution in [2.24, 2.45) is 5.10 Å². The van der Waals surface area contributed by atoms with Crippen LogP contribution in [0.5, 0.6) is 11.5 Å². The lowest BCUT2D eigenvalue weighted by atomic mass is 10.2. The summed E-state index contributed by atoms with van der Waals surface area (Å²) in [5.74, 6) is -1.72. The third-order valence-corrected chi connectivity index (χ3v) is 3.14. The molecule has 7 nitrogen and oxygen atoms in total. The molecular formula is C16H14ClN3O4. The molecule has 0 radical (unpaired) electrons. The van der Waals surface area contributed by atoms with Gasteiger partial charge in [0, 0.05) is 16.3 Å². The summed E-state index contributed by atoms with van der Waals surface area (Å²) >= 11 is 5.79. The molecule has 2 aromatic rings. The number of methoxy groups -OCH3 is 1. The van der Waals surface area contributed by atoms with E-state index in [0.717, 1.165) is 0 Å². The average Bonchev–Trinajstić information content (AvgIpc) is 2.56. The van der Waals surface area contributed by atoms with Gasteiger partial charge in [-0.15, -0.1) is 0 Å². The van der Waals surface area contributed by atoms with Crippen molar-refractivity contribution in [3.63, 3.8) is 0 Å². The third-order valence-electron chi connectivity index (χ3n) is 2.91. The highest BCUT2D eigenvalue weighted by atomic mass is 35.5. The summed E-state index contributed by atoms with van der Waals surface area (Å²) in [4.78, 5) is 23.4. The van der Waals surface area contributed by atoms with Gasteiger partial charge in [0.15, 0.2) is 11.5 Å². The molecular weight excluding hydrogens is 334 g/mol. The lowest BCUT2D eigenvalue weighted by molar-refractivity contribution is -0.136. The van der Waals surface area contributed by atoms with Gasteiger partial charge in [0.2, 0.25) is 0 Å². The molecule has 0 unspecified atom stereocenters. The molecule has 0 spiro atoms. The Bertz CT molecular complexity index is 793. The summed E-state index contributed by atoms with van der Waals surface area (Å²) in [6.07, 6.45) is 1.20. The van der Waals surface area contributed by atoms with Crippen molar-refractivity contribution in [3.05, 3.63) is 53.1 Å². The summed E-state index contributed by atoms with van der Waals surface area (Å²) in [6, 6.07) is 11.2. The van der Waals surface area contributed by atoms with E-state index in [4.69, 9.17) is 16.3 Å². The molecule has 0 atom stereocenters. The first-order valence-corrected chi connectivity index (χ1v) is 7.15. The van der Waals surface area contributed by atoms with Crippen LogP contribution >= 0.6 is 11.6 Å². The molecule has 2 rings (SSSR count). The van der Waals surface area contributed by atoms with Gasteiger partial charge in [-0.1, -0.05) is 23.7 Å². The normalized spacial score (nSPS) is 10.4. The van der Waals surface area contributed by atoms with Crippen LogP contribution in [0.25, 0.3) is 0 Å². The Balaban J connectivity index is 1.96. The van der Waals surface area contributed by atoms with Crippen molar-refractivity contribution < 1.29 is 19.4 Å². The van der Waals surface area contributed by atoms with Crippen molar-refractivity contribution >= 4 is 35.3 Å². The zero-order valence-corrected chi connectivity index (χ0v) is 13.4. The Morgan fingerprint density at radius 3 is 2.67 bits per heavy atom. The smallest absolute Gasteiger partial charge is 0.329 e. The number of carbonyl (C=O) groups is 2. The standard InChI is InChI=1S/C16H14ClN3O4/c1-24-13-7-2-4-10(14(13)21)9-18-20-16(23)15(22)19-12-6-3-5-11(17)8-12/h2-9,21H,1H3,(H,19,22)(H,20,23). The van der Waals surface area contributed by atoms with Gasteiger partial charge in [-0.2, -0.15) is 5.10 Å². The second kappa shape index (κ2) is 7.98. The topological polar surface area (TPSA) is 100 Å². The van der Waals surface area contributed by atoms with E-state index in [1.54, 1.807) is 36.4 Å². The van der Waals surface area contributed by atoms with Gasteiger partial charge in [-0.25, -0.2) is 5.43 Å². The molecule has 124 valence electrons. The first-order chi connectivity index (χ1) is 11.5. The number of phenols is 1. The predicted molar refractivity (Wildman–Crippen MR) is 90.5 cm³/mol. The van der Waals surface area contributed by atoms with Crippen LogP contribution in [0, 0.1) is 0 Å². The van der Waals surface area contributed by atoms with Crippen molar-refractivity contribution in [1.82, 2.24) is 5.43 Å². The van der Waals surface area contributed by atoms with Crippen LogP contribution in [-0.4, -0.2) is 30.2 Å². The number of carbonyl (C=O) groups excluding carboxylic acids is 2. The summed E-state index contributed by atoms with van der Waals surface area (Å²) in [6.45, 7) is 0. The zero-order valence-electron chi connectivity index (χ0n) is 12.6. The fourth-order valence-electron chi connectivity index (χ4n) is 1.77. The van der Waals surface area contributed by atoms with Crippen molar-refractivity contribution in [2.75, 3.05) is 12.4 Å². The number of amides is 2. The Morgan fingerprint density at radius 1 is 1.21 bits per heavy atom. The van der Waals surface area contributed by atoms with Crippen molar-refractivity contribution in [1.29, 1.82) is 0 Å². The minimum absolute atomic E-state index is 0.124. The lowest BCUT2D eigenvalue weighted by Gasteiger charge is -2.05. The number of phenolic OH excluding ortho intramolecular Hbond substituents is 1. The molecule has 0 saturated carbocycles. The Kier molecular flexibility index (Phi) is 5.75. The molecule has 3 N–H and O–H groups in total. The summed E-state index contributed by atoms with van der Waals surface area (Å²) in [5, 5.41) is 16.3. The number of aromatic hydroxyl groups is 1. The number of nitrogens with one attached hydrogen (secondary N) is 2. The molecule has 2 aromatic carbocycles. The lowest BCUT2D eigenvalue weighted by Crippen LogP contribution is -2.32. The molecule has 0 aromatic heterocycles. The van der Waals surface area contributed by atoms with Gasteiger partial charge in [0.05, 0.1) is 13.3 Å². The van der Waals surface area contributed by atoms with Gasteiger partial charge >= 0.3 is 11.8 Å². The van der Waals surface area contributed by atoms with E-state index < -0.39 is 11.8 Å². The number of ether oxygens (including phenoxy) is 1. The number of hydrogen-bond acceptors (Lipinski definition) is 5. The van der Waals surface area contributed by atoms with E-state index in [9.17, 15) is 14.7 Å². The number of anilines is 1. The maximum absolute atomic E-state index is 11.7. The van der Waals surface area contributed by atoms with Crippen LogP contribution in [0.3, 0.4) is 0 Å². The van der Waals surface area contributed by atoms with Crippen molar-refractivity contribution in [2.45, 2.75) is 0 Å². The first kappa shape index (κ1) is 17.3. The van der Waals surface area contributed by atoms with Gasteiger partial charge in [-0.3, -0.25) is 9.59 Å². The van der Waals surface area contributed by atoms with Crippen LogP contribution < -0.4 is 15.5 Å². The average molecular weight is 348 g/mol. The summed E-state index contributed by atoms with van der Waals surface area (Å²) in [7, 11) is 1.41. The number of benzene rings is 2. The first-order valence-electron chi connectivity index (χ1n) is 6.77. The molecule has 8 heteroatoms. The van der Waals surface area contributed by atoms with Gasteiger partial charge in [0.1, 0.15) is 0 Å². The summed E-state index contributed by atoms with van der Waals surface area (Å²) in [5.41, 5.74) is 2.77. The fourth-order valence-corrected chi connectivity index (χ4v) is 1.96. The highest BCUT2D eigenvalue weighted by Gasteiger charge is 2.13. The quantitative estimate of drug-likeness (QED) is 0.448. The highest BCUT2D eigenvalue weighted by Crippen LogP contribution is 2.27. The minimum atomic E-state index is -0.964. The van der Waals surface area contributed by atoms with E-state index in [0.29, 0.717) is 16.3 Å². The molecule has 0 fully saturated rings. The van der Waals surface area contributed by atoms with Crippen molar-refractivity contribution in [3.8, 4) is 11.5 Å². The van der Waals surface area contributed by atoms with Gasteiger partial charge in [0.25, 0.3) is 0 Å². The monoisotopic (exact) mass is 347 g/mol. The SMILES string of the molecule is COc1cccc(C=NNC(=O)C(=O)Nc2cccc(Cl)c2)c1O. The van der Waals surface area contributed by atoms with Gasteiger partial charge in [-0.05, 0) is 30.3 Å². The maximum atomic E-state index is 11.7. The molecule has 24 heavy (non-hydrogen) atoms. The molecule has 0 aliphatic heterocycles. The molecule has 0 aliphatic rings. The number of rotatable bonds is 4. The van der Waals surface area contributed by atoms with Crippen LogP contribution in [0.15, 0.2) is 47.6 Å². The number of halogens is 1. The number of hydrogen-bond donors (Lipinski definition) is 3. The molecule has 0 aliphatic carbocycles. The number of hydrazone groups is 1.